The van der Waals surface area contributed by atoms with E-state index in [1.165, 1.54) is 0 Å². The second kappa shape index (κ2) is 4.34. The zero-order valence-corrected chi connectivity index (χ0v) is 13.7. The Balaban J connectivity index is 3.15. The molecule has 0 N–H and O–H groups in total. The highest BCUT2D eigenvalue weighted by atomic mass is 28.4. The molecule has 0 aromatic rings. The number of ether oxygens (including phenoxy) is 1. The lowest BCUT2D eigenvalue weighted by Crippen LogP contribution is -2.54. The molecule has 1 aliphatic rings. The van der Waals surface area contributed by atoms with Crippen molar-refractivity contribution in [3.63, 3.8) is 0 Å². The van der Waals surface area contributed by atoms with Crippen LogP contribution in [0, 0.1) is 0 Å². The highest BCUT2D eigenvalue weighted by molar-refractivity contribution is 6.81. The predicted octanol–water partition coefficient (Wildman–Crippen LogP) is 4.83. The lowest BCUT2D eigenvalue weighted by Gasteiger charge is -2.49. The molecule has 1 rings (SSSR count). The number of rotatable bonds is 2. The zero-order chi connectivity index (χ0) is 13.5. The molecule has 3 heteroatoms. The minimum absolute atomic E-state index is 0.194. The first-order valence-electron chi connectivity index (χ1n) is 6.60. The number of allylic oxidation sites excluding steroid dienone is 1. The van der Waals surface area contributed by atoms with E-state index in [1.54, 1.807) is 0 Å². The quantitative estimate of drug-likeness (QED) is 0.659. The van der Waals surface area contributed by atoms with E-state index >= 15 is 0 Å². The summed E-state index contributed by atoms with van der Waals surface area (Å²) >= 11 is 0. The van der Waals surface area contributed by atoms with E-state index in [2.05, 4.69) is 54.5 Å². The Labute approximate surface area is 108 Å². The van der Waals surface area contributed by atoms with Crippen LogP contribution >= 0.6 is 0 Å². The molecule has 0 aliphatic carbocycles. The summed E-state index contributed by atoms with van der Waals surface area (Å²) in [6.07, 6.45) is 2.19. The molecule has 0 aromatic carbocycles. The van der Waals surface area contributed by atoms with Gasteiger partial charge in [-0.05, 0) is 23.1 Å². The van der Waals surface area contributed by atoms with E-state index in [-0.39, 0.29) is 10.1 Å². The van der Waals surface area contributed by atoms with Crippen LogP contribution in [0.2, 0.25) is 15.6 Å². The fraction of sp³-hybridized carbons (Fsp3) is 0.857. The molecule has 0 saturated carbocycles. The van der Waals surface area contributed by atoms with Crippen LogP contribution < -0.4 is 0 Å². The maximum atomic E-state index is 6.41. The normalized spacial score (nSPS) is 24.2. The summed E-state index contributed by atoms with van der Waals surface area (Å²) in [5.74, 6) is 0.761. The summed E-state index contributed by atoms with van der Waals surface area (Å²) < 4.78 is 12.0. The summed E-state index contributed by atoms with van der Waals surface area (Å²) in [6, 6.07) is 0. The summed E-state index contributed by atoms with van der Waals surface area (Å²) in [7, 11) is -1.96. The van der Waals surface area contributed by atoms with Crippen LogP contribution in [0.1, 0.15) is 55.4 Å². The van der Waals surface area contributed by atoms with Gasteiger partial charge in [-0.15, -0.1) is 0 Å². The number of hydrogen-bond acceptors (Lipinski definition) is 2. The summed E-state index contributed by atoms with van der Waals surface area (Å²) in [5.41, 5.74) is 0.490. The smallest absolute Gasteiger partial charge is 0.272 e. The van der Waals surface area contributed by atoms with E-state index < -0.39 is 8.32 Å². The van der Waals surface area contributed by atoms with Crippen LogP contribution in [-0.2, 0) is 9.16 Å². The van der Waals surface area contributed by atoms with Crippen molar-refractivity contribution in [1.82, 2.24) is 0 Å². The van der Waals surface area contributed by atoms with Gasteiger partial charge in [-0.3, -0.25) is 0 Å². The summed E-state index contributed by atoms with van der Waals surface area (Å²) in [4.78, 5) is 0. The predicted molar refractivity (Wildman–Crippen MR) is 75.4 cm³/mol. The van der Waals surface area contributed by atoms with Crippen LogP contribution in [0.3, 0.4) is 0 Å². The van der Waals surface area contributed by atoms with Gasteiger partial charge in [0.25, 0.3) is 14.3 Å². The van der Waals surface area contributed by atoms with Crippen LogP contribution in [-0.4, -0.2) is 14.9 Å². The third kappa shape index (κ3) is 2.26. The lowest BCUT2D eigenvalue weighted by molar-refractivity contribution is 0.108. The van der Waals surface area contributed by atoms with Gasteiger partial charge in [0.1, 0.15) is 0 Å². The van der Waals surface area contributed by atoms with E-state index in [1.807, 2.05) is 6.92 Å². The molecule has 0 spiro atoms. The van der Waals surface area contributed by atoms with Gasteiger partial charge >= 0.3 is 0 Å². The van der Waals surface area contributed by atoms with Crippen molar-refractivity contribution in [3.05, 3.63) is 12.0 Å². The molecule has 17 heavy (non-hydrogen) atoms. The maximum Gasteiger partial charge on any atom is 0.272 e. The van der Waals surface area contributed by atoms with Crippen molar-refractivity contribution < 1.29 is 9.16 Å². The molecule has 0 amide bonds. The molecular weight excluding hydrogens is 228 g/mol. The van der Waals surface area contributed by atoms with E-state index in [0.717, 1.165) is 5.95 Å². The molecule has 0 aromatic heterocycles. The standard InChI is InChI=1S/C14H28O2Si/c1-9-15-12-10-11(2)17(16-12,13(3,4)5)14(6,7)8/h10-11H,9H2,1-8H3. The fourth-order valence-corrected chi connectivity index (χ4v) is 10.2. The second-order valence-electron chi connectivity index (χ2n) is 7.05. The Morgan fingerprint density at radius 2 is 1.65 bits per heavy atom. The van der Waals surface area contributed by atoms with E-state index in [4.69, 9.17) is 9.16 Å². The highest BCUT2D eigenvalue weighted by Crippen LogP contribution is 2.60. The molecular formula is C14H28O2Si. The van der Waals surface area contributed by atoms with Gasteiger partial charge in [-0.1, -0.05) is 48.5 Å². The van der Waals surface area contributed by atoms with Gasteiger partial charge in [-0.2, -0.15) is 0 Å². The van der Waals surface area contributed by atoms with Gasteiger partial charge in [-0.25, -0.2) is 0 Å². The SMILES string of the molecule is CCOC1=CC(C)[Si](C(C)(C)C)(C(C)(C)C)O1. The van der Waals surface area contributed by atoms with Gasteiger partial charge < -0.3 is 9.16 Å². The van der Waals surface area contributed by atoms with Gasteiger partial charge in [0.2, 0.25) is 0 Å². The molecule has 100 valence electrons. The largest absolute Gasteiger partial charge is 0.517 e. The van der Waals surface area contributed by atoms with Crippen LogP contribution in [0.15, 0.2) is 12.0 Å². The van der Waals surface area contributed by atoms with Crippen molar-refractivity contribution in [2.75, 3.05) is 6.61 Å². The highest BCUT2D eigenvalue weighted by Gasteiger charge is 2.62. The van der Waals surface area contributed by atoms with Gasteiger partial charge in [0.05, 0.1) is 6.61 Å². The topological polar surface area (TPSA) is 18.5 Å². The van der Waals surface area contributed by atoms with Crippen LogP contribution in [0.4, 0.5) is 0 Å². The Morgan fingerprint density at radius 3 is 1.94 bits per heavy atom. The lowest BCUT2D eigenvalue weighted by atomic mass is 10.2. The Hall–Kier alpha value is -0.443. The Morgan fingerprint density at radius 1 is 1.18 bits per heavy atom. The molecule has 1 heterocycles. The molecule has 1 aliphatic heterocycles. The molecule has 2 nitrogen and oxygen atoms in total. The summed E-state index contributed by atoms with van der Waals surface area (Å²) in [6.45, 7) is 18.8. The Kier molecular flexibility index (Phi) is 3.73. The third-order valence-electron chi connectivity index (χ3n) is 3.80. The molecule has 0 saturated heterocycles. The molecule has 1 unspecified atom stereocenters. The van der Waals surface area contributed by atoms with Gasteiger partial charge in [0, 0.05) is 5.54 Å². The van der Waals surface area contributed by atoms with Crippen molar-refractivity contribution in [2.24, 2.45) is 0 Å². The number of hydrogen-bond donors (Lipinski definition) is 0. The first-order chi connectivity index (χ1) is 7.56. The molecule has 1 atom stereocenters. The van der Waals surface area contributed by atoms with E-state index in [9.17, 15) is 0 Å². The van der Waals surface area contributed by atoms with Crippen molar-refractivity contribution in [2.45, 2.75) is 71.0 Å². The average Bonchev–Trinajstić information content (AvgIpc) is 2.41. The second-order valence-corrected chi connectivity index (χ2v) is 12.6. The molecule has 0 fully saturated rings. The monoisotopic (exact) mass is 256 g/mol. The first kappa shape index (κ1) is 14.6. The minimum atomic E-state index is -1.96. The van der Waals surface area contributed by atoms with E-state index in [0.29, 0.717) is 12.1 Å². The van der Waals surface area contributed by atoms with Crippen molar-refractivity contribution >= 4 is 8.32 Å². The summed E-state index contributed by atoms with van der Waals surface area (Å²) in [5, 5.41) is 0.389. The maximum absolute atomic E-state index is 6.41. The minimum Gasteiger partial charge on any atom is -0.517 e. The molecule has 0 bridgehead atoms. The molecule has 0 radical (unpaired) electrons. The first-order valence-corrected chi connectivity index (χ1v) is 8.58. The Bertz CT molecular complexity index is 293. The van der Waals surface area contributed by atoms with Gasteiger partial charge in [0.15, 0.2) is 0 Å². The van der Waals surface area contributed by atoms with Crippen molar-refractivity contribution in [3.8, 4) is 0 Å². The average molecular weight is 256 g/mol. The van der Waals surface area contributed by atoms with Crippen molar-refractivity contribution in [1.29, 1.82) is 0 Å². The van der Waals surface area contributed by atoms with Crippen LogP contribution in [0.25, 0.3) is 0 Å². The fourth-order valence-electron chi connectivity index (χ4n) is 3.62. The van der Waals surface area contributed by atoms with Crippen LogP contribution in [0.5, 0.6) is 0 Å². The zero-order valence-electron chi connectivity index (χ0n) is 12.7. The third-order valence-corrected chi connectivity index (χ3v) is 10.2.